The Bertz CT molecular complexity index is 999. The summed E-state index contributed by atoms with van der Waals surface area (Å²) in [4.78, 5) is 0.659. The molecule has 0 atom stereocenters. The summed E-state index contributed by atoms with van der Waals surface area (Å²) in [5.41, 5.74) is 0.120. The first-order chi connectivity index (χ1) is 11.0. The Morgan fingerprint density at radius 1 is 1.35 bits per heavy atom. The van der Waals surface area contributed by atoms with Gasteiger partial charge in [0.25, 0.3) is 0 Å². The molecule has 0 aliphatic heterocycles. The second-order valence-electron chi connectivity index (χ2n) is 4.69. The Labute approximate surface area is 136 Å². The number of benzene rings is 1. The van der Waals surface area contributed by atoms with Crippen LogP contribution < -0.4 is 4.72 Å². The van der Waals surface area contributed by atoms with Gasteiger partial charge in [-0.3, -0.25) is 0 Å². The number of aryl methyl sites for hydroxylation is 1. The molecule has 0 fully saturated rings. The fourth-order valence-corrected chi connectivity index (χ4v) is 4.08. The summed E-state index contributed by atoms with van der Waals surface area (Å²) >= 11 is 1.36. The molecule has 10 heteroatoms. The van der Waals surface area contributed by atoms with Gasteiger partial charge in [-0.1, -0.05) is 23.5 Å². The molecule has 0 saturated heterocycles. The third kappa shape index (κ3) is 3.07. The van der Waals surface area contributed by atoms with Crippen LogP contribution in [0.4, 0.5) is 0 Å². The van der Waals surface area contributed by atoms with Crippen LogP contribution in [0.15, 0.2) is 29.2 Å². The van der Waals surface area contributed by atoms with Crippen LogP contribution in [0.2, 0.25) is 0 Å². The van der Waals surface area contributed by atoms with Gasteiger partial charge in [0.1, 0.15) is 11.1 Å². The van der Waals surface area contributed by atoms with Crippen LogP contribution in [-0.2, 0) is 16.4 Å². The topological polar surface area (TPSA) is 113 Å². The molecule has 0 aliphatic rings. The van der Waals surface area contributed by atoms with Crippen LogP contribution in [0.5, 0.6) is 0 Å². The average Bonchev–Trinajstić information content (AvgIpc) is 3.09. The zero-order valence-electron chi connectivity index (χ0n) is 12.1. The van der Waals surface area contributed by atoms with E-state index in [0.717, 1.165) is 5.01 Å². The molecule has 2 heterocycles. The van der Waals surface area contributed by atoms with Crippen LogP contribution in [-0.4, -0.2) is 34.8 Å². The zero-order chi connectivity index (χ0) is 16.4. The molecule has 0 saturated carbocycles. The summed E-state index contributed by atoms with van der Waals surface area (Å²) in [5, 5.41) is 21.9. The van der Waals surface area contributed by atoms with Gasteiger partial charge in [0.15, 0.2) is 5.82 Å². The Hall–Kier alpha value is -2.35. The lowest BCUT2D eigenvalue weighted by Crippen LogP contribution is -2.26. The van der Waals surface area contributed by atoms with Crippen LogP contribution in [0.3, 0.4) is 0 Å². The minimum atomic E-state index is -3.73. The Kier molecular flexibility index (Phi) is 4.08. The van der Waals surface area contributed by atoms with Gasteiger partial charge in [-0.25, -0.2) is 13.1 Å². The molecule has 0 aliphatic carbocycles. The summed E-state index contributed by atoms with van der Waals surface area (Å²) in [7, 11) is -3.73. The van der Waals surface area contributed by atoms with Gasteiger partial charge in [-0.2, -0.15) is 14.9 Å². The molecule has 0 spiro atoms. The van der Waals surface area contributed by atoms with E-state index in [2.05, 4.69) is 20.0 Å². The minimum absolute atomic E-state index is 0.0171. The van der Waals surface area contributed by atoms with Gasteiger partial charge in [-0.05, 0) is 19.1 Å². The molecule has 1 aromatic carbocycles. The Morgan fingerprint density at radius 3 is 2.87 bits per heavy atom. The van der Waals surface area contributed by atoms with Crippen molar-refractivity contribution in [3.8, 4) is 6.07 Å². The van der Waals surface area contributed by atoms with E-state index in [4.69, 9.17) is 5.26 Å². The first-order valence-electron chi connectivity index (χ1n) is 6.68. The molecule has 0 unspecified atom stereocenters. The highest BCUT2D eigenvalue weighted by molar-refractivity contribution is 7.89. The highest BCUT2D eigenvalue weighted by atomic mass is 32.2. The lowest BCUT2D eigenvalue weighted by Gasteiger charge is -2.06. The van der Waals surface area contributed by atoms with Crippen molar-refractivity contribution < 1.29 is 8.42 Å². The largest absolute Gasteiger partial charge is 0.241 e. The second-order valence-corrected chi connectivity index (χ2v) is 7.47. The molecule has 23 heavy (non-hydrogen) atoms. The number of fused-ring (bicyclic) bond motifs is 1. The van der Waals surface area contributed by atoms with E-state index in [9.17, 15) is 8.42 Å². The normalized spacial score (nSPS) is 11.7. The summed E-state index contributed by atoms with van der Waals surface area (Å²) < 4.78 is 28.7. The molecule has 0 bridgehead atoms. The van der Waals surface area contributed by atoms with E-state index in [-0.39, 0.29) is 17.0 Å². The number of nitrogens with one attached hydrogen (secondary N) is 1. The molecular formula is C13H12N6O2S2. The van der Waals surface area contributed by atoms with Gasteiger partial charge in [-0.15, -0.1) is 10.2 Å². The van der Waals surface area contributed by atoms with Gasteiger partial charge in [0, 0.05) is 13.0 Å². The standard InChI is InChI=1S/C13H12N6O2S2/c1-9-16-17-13-19(9)18-12(22-13)6-7-15-23(20,21)11-5-3-2-4-10(11)8-14/h2-5,15H,6-7H2,1H3. The summed E-state index contributed by atoms with van der Waals surface area (Å²) in [6.45, 7) is 1.98. The van der Waals surface area contributed by atoms with E-state index in [1.807, 2.05) is 6.07 Å². The van der Waals surface area contributed by atoms with Crippen molar-refractivity contribution in [2.24, 2.45) is 0 Å². The molecule has 3 aromatic rings. The van der Waals surface area contributed by atoms with Crippen molar-refractivity contribution >= 4 is 26.3 Å². The molecule has 0 amide bonds. The third-order valence-corrected chi connectivity index (χ3v) is 5.59. The Morgan fingerprint density at radius 2 is 2.13 bits per heavy atom. The molecule has 1 N–H and O–H groups in total. The summed E-state index contributed by atoms with van der Waals surface area (Å²) in [5.74, 6) is 0.686. The smallest absolute Gasteiger partial charge is 0.211 e. The molecule has 3 rings (SSSR count). The first-order valence-corrected chi connectivity index (χ1v) is 8.98. The zero-order valence-corrected chi connectivity index (χ0v) is 13.7. The number of nitrogens with zero attached hydrogens (tertiary/aromatic N) is 5. The van der Waals surface area contributed by atoms with E-state index < -0.39 is 10.0 Å². The van der Waals surface area contributed by atoms with Crippen LogP contribution in [0.1, 0.15) is 16.4 Å². The van der Waals surface area contributed by atoms with Crippen LogP contribution in [0.25, 0.3) is 4.96 Å². The minimum Gasteiger partial charge on any atom is -0.211 e. The van der Waals surface area contributed by atoms with Crippen molar-refractivity contribution in [3.63, 3.8) is 0 Å². The number of sulfonamides is 1. The van der Waals surface area contributed by atoms with Gasteiger partial charge < -0.3 is 0 Å². The SMILES string of the molecule is Cc1nnc2sc(CCNS(=O)(=O)c3ccccc3C#N)nn12. The van der Waals surface area contributed by atoms with Crippen LogP contribution >= 0.6 is 11.3 Å². The maximum absolute atomic E-state index is 12.3. The molecule has 2 aromatic heterocycles. The fourth-order valence-electron chi connectivity index (χ4n) is 2.02. The number of aromatic nitrogens is 4. The summed E-state index contributed by atoms with van der Waals surface area (Å²) in [6, 6.07) is 7.97. The van der Waals surface area contributed by atoms with E-state index >= 15 is 0 Å². The monoisotopic (exact) mass is 348 g/mol. The van der Waals surface area contributed by atoms with Crippen molar-refractivity contribution in [2.45, 2.75) is 18.2 Å². The van der Waals surface area contributed by atoms with Crippen molar-refractivity contribution in [2.75, 3.05) is 6.54 Å². The number of hydrogen-bond donors (Lipinski definition) is 1. The molecular weight excluding hydrogens is 336 g/mol. The first kappa shape index (κ1) is 15.5. The van der Waals surface area contributed by atoms with Crippen molar-refractivity contribution in [3.05, 3.63) is 40.7 Å². The van der Waals surface area contributed by atoms with Gasteiger partial charge >= 0.3 is 0 Å². The van der Waals surface area contributed by atoms with E-state index in [1.165, 1.54) is 23.5 Å². The maximum atomic E-state index is 12.3. The quantitative estimate of drug-likeness (QED) is 0.732. The number of rotatable bonds is 5. The van der Waals surface area contributed by atoms with Crippen LogP contribution in [0, 0.1) is 18.3 Å². The second kappa shape index (κ2) is 6.04. The predicted octanol–water partition coefficient (Wildman–Crippen LogP) is 0.887. The Balaban J connectivity index is 1.71. The van der Waals surface area contributed by atoms with E-state index in [0.29, 0.717) is 17.2 Å². The highest BCUT2D eigenvalue weighted by Crippen LogP contribution is 2.16. The average molecular weight is 348 g/mol. The molecule has 0 radical (unpaired) electrons. The fraction of sp³-hybridized carbons (Fsp3) is 0.231. The maximum Gasteiger partial charge on any atom is 0.241 e. The molecule has 8 nitrogen and oxygen atoms in total. The number of hydrogen-bond acceptors (Lipinski definition) is 7. The highest BCUT2D eigenvalue weighted by Gasteiger charge is 2.18. The summed E-state index contributed by atoms with van der Waals surface area (Å²) in [6.07, 6.45) is 0.432. The lowest BCUT2D eigenvalue weighted by atomic mass is 10.2. The van der Waals surface area contributed by atoms with Gasteiger partial charge in [0.05, 0.1) is 10.5 Å². The van der Waals surface area contributed by atoms with E-state index in [1.54, 1.807) is 23.6 Å². The van der Waals surface area contributed by atoms with Gasteiger partial charge in [0.2, 0.25) is 15.0 Å². The van der Waals surface area contributed by atoms with Crippen molar-refractivity contribution in [1.29, 1.82) is 5.26 Å². The third-order valence-electron chi connectivity index (χ3n) is 3.12. The predicted molar refractivity (Wildman–Crippen MR) is 83.4 cm³/mol. The lowest BCUT2D eigenvalue weighted by molar-refractivity contribution is 0.581. The van der Waals surface area contributed by atoms with Crippen molar-refractivity contribution in [1.82, 2.24) is 24.5 Å². The number of nitriles is 1. The molecule has 118 valence electrons.